The monoisotopic (exact) mass is 467 g/mol. The van der Waals surface area contributed by atoms with Crippen LogP contribution in [0.3, 0.4) is 0 Å². The van der Waals surface area contributed by atoms with E-state index in [9.17, 15) is 19.7 Å². The summed E-state index contributed by atoms with van der Waals surface area (Å²) in [6, 6.07) is 12.1. The molecule has 0 N–H and O–H groups in total. The Morgan fingerprint density at radius 3 is 2.32 bits per heavy atom. The summed E-state index contributed by atoms with van der Waals surface area (Å²) in [6.07, 6.45) is 2.78. The van der Waals surface area contributed by atoms with Crippen LogP contribution in [-0.4, -0.2) is 53.9 Å². The lowest BCUT2D eigenvalue weighted by molar-refractivity contribution is -0.385. The van der Waals surface area contributed by atoms with E-state index in [1.807, 2.05) is 45.0 Å². The zero-order valence-corrected chi connectivity index (χ0v) is 19.8. The van der Waals surface area contributed by atoms with E-state index in [0.717, 1.165) is 18.4 Å². The van der Waals surface area contributed by atoms with Gasteiger partial charge in [0.15, 0.2) is 0 Å². The van der Waals surface area contributed by atoms with Gasteiger partial charge in [-0.2, -0.15) is 0 Å². The number of ether oxygens (including phenoxy) is 2. The average Bonchev–Trinajstić information content (AvgIpc) is 2.81. The Balaban J connectivity index is 1.67. The van der Waals surface area contributed by atoms with Gasteiger partial charge in [0.25, 0.3) is 5.69 Å². The number of carbonyl (C=O) groups excluding carboxylic acids is 2. The second kappa shape index (κ2) is 10.5. The highest BCUT2D eigenvalue weighted by atomic mass is 16.6. The van der Waals surface area contributed by atoms with E-state index in [1.54, 1.807) is 11.0 Å². The largest absolute Gasteiger partial charge is 0.465 e. The first-order valence-corrected chi connectivity index (χ1v) is 11.1. The molecule has 1 amide bonds. The van der Waals surface area contributed by atoms with Gasteiger partial charge < -0.3 is 14.4 Å². The molecule has 2 aromatic carbocycles. The second-order valence-corrected chi connectivity index (χ2v) is 9.08. The van der Waals surface area contributed by atoms with Gasteiger partial charge in [0.05, 0.1) is 23.3 Å². The summed E-state index contributed by atoms with van der Waals surface area (Å²) in [5, 5.41) is 11.5. The van der Waals surface area contributed by atoms with Crippen LogP contribution in [-0.2, 0) is 9.47 Å². The van der Waals surface area contributed by atoms with Gasteiger partial charge in [0.1, 0.15) is 11.2 Å². The normalized spacial score (nSPS) is 14.8. The molecule has 9 heteroatoms. The maximum atomic E-state index is 12.3. The number of hydrogen-bond acceptors (Lipinski definition) is 7. The van der Waals surface area contributed by atoms with Crippen LogP contribution in [0, 0.1) is 10.1 Å². The number of benzene rings is 2. The van der Waals surface area contributed by atoms with Crippen molar-refractivity contribution in [1.29, 1.82) is 0 Å². The molecule has 0 spiro atoms. The first-order valence-electron chi connectivity index (χ1n) is 11.1. The lowest BCUT2D eigenvalue weighted by Crippen LogP contribution is -2.41. The van der Waals surface area contributed by atoms with E-state index in [1.165, 1.54) is 25.5 Å². The van der Waals surface area contributed by atoms with Crippen molar-refractivity contribution in [2.45, 2.75) is 45.1 Å². The van der Waals surface area contributed by atoms with Crippen molar-refractivity contribution in [3.05, 3.63) is 69.3 Å². The molecule has 0 aromatic heterocycles. The Hall–Kier alpha value is -3.75. The molecule has 9 nitrogen and oxygen atoms in total. The lowest BCUT2D eigenvalue weighted by Gasteiger charge is -2.33. The van der Waals surface area contributed by atoms with Crippen LogP contribution < -0.4 is 0 Å². The van der Waals surface area contributed by atoms with Crippen LogP contribution in [0.2, 0.25) is 0 Å². The number of amides is 1. The average molecular weight is 468 g/mol. The zero-order valence-electron chi connectivity index (χ0n) is 19.8. The van der Waals surface area contributed by atoms with Gasteiger partial charge in [-0.25, -0.2) is 9.59 Å². The molecule has 0 atom stereocenters. The van der Waals surface area contributed by atoms with Gasteiger partial charge in [-0.15, -0.1) is 0 Å². The van der Waals surface area contributed by atoms with Crippen LogP contribution in [0.1, 0.15) is 61.0 Å². The fraction of sp³-hybridized carbons (Fsp3) is 0.400. The van der Waals surface area contributed by atoms with Crippen LogP contribution in [0.5, 0.6) is 0 Å². The number of nitro groups is 1. The molecule has 0 bridgehead atoms. The molecule has 0 radical (unpaired) electrons. The third kappa shape index (κ3) is 6.18. The number of aliphatic imine (C=N–C) groups is 1. The number of para-hydroxylation sites is 1. The molecular formula is C25H29N3O6. The molecule has 3 rings (SSSR count). The number of likely N-dealkylation sites (tertiary alicyclic amines) is 1. The van der Waals surface area contributed by atoms with Crippen LogP contribution in [0.25, 0.3) is 0 Å². The fourth-order valence-electron chi connectivity index (χ4n) is 3.84. The van der Waals surface area contributed by atoms with Crippen LogP contribution in [0.15, 0.2) is 47.5 Å². The van der Waals surface area contributed by atoms with Crippen molar-refractivity contribution in [2.75, 3.05) is 20.2 Å². The minimum Gasteiger partial charge on any atom is -0.465 e. The van der Waals surface area contributed by atoms with E-state index >= 15 is 0 Å². The smallest absolute Gasteiger partial charge is 0.410 e. The number of piperidine rings is 1. The Morgan fingerprint density at radius 2 is 1.76 bits per heavy atom. The molecule has 1 aliphatic rings. The van der Waals surface area contributed by atoms with Crippen LogP contribution in [0.4, 0.5) is 16.2 Å². The van der Waals surface area contributed by atoms with Gasteiger partial charge in [-0.05, 0) is 69.4 Å². The molecule has 1 saturated heterocycles. The Labute approximate surface area is 198 Å². The van der Waals surface area contributed by atoms with E-state index in [4.69, 9.17) is 4.74 Å². The number of nitrogens with zero attached hydrogens (tertiary/aromatic N) is 3. The van der Waals surface area contributed by atoms with E-state index in [-0.39, 0.29) is 22.9 Å². The molecule has 34 heavy (non-hydrogen) atoms. The summed E-state index contributed by atoms with van der Waals surface area (Å²) in [7, 11) is 1.18. The number of hydrogen-bond donors (Lipinski definition) is 0. The van der Waals surface area contributed by atoms with Gasteiger partial charge >= 0.3 is 12.1 Å². The third-order valence-corrected chi connectivity index (χ3v) is 5.52. The molecule has 0 aliphatic carbocycles. The third-order valence-electron chi connectivity index (χ3n) is 5.52. The van der Waals surface area contributed by atoms with E-state index in [2.05, 4.69) is 9.73 Å². The topological polar surface area (TPSA) is 111 Å². The molecule has 2 aromatic rings. The SMILES string of the molecule is COC(=O)c1cccc(/C=N/c2ccc(C3CCN(C(=O)OC(C)(C)C)CC3)cc2)c1[N+](=O)[O-]. The number of rotatable bonds is 5. The van der Waals surface area contributed by atoms with Crippen molar-refractivity contribution >= 4 is 29.7 Å². The summed E-state index contributed by atoms with van der Waals surface area (Å²) in [5.41, 5.74) is 1.03. The predicted octanol–water partition coefficient (Wildman–Crippen LogP) is 5.25. The highest BCUT2D eigenvalue weighted by molar-refractivity contribution is 5.99. The fourth-order valence-corrected chi connectivity index (χ4v) is 3.84. The summed E-state index contributed by atoms with van der Waals surface area (Å²) in [6.45, 7) is 6.85. The standard InChI is InChI=1S/C25H29N3O6/c1-25(2,3)34-24(30)27-14-12-18(13-15-27)17-8-10-20(11-9-17)26-16-19-6-5-7-21(23(29)33-4)22(19)28(31)32/h5-11,16,18H,12-15H2,1-4H3/b26-16+. The summed E-state index contributed by atoms with van der Waals surface area (Å²) in [4.78, 5) is 41.1. The van der Waals surface area contributed by atoms with E-state index in [0.29, 0.717) is 24.7 Å². The summed E-state index contributed by atoms with van der Waals surface area (Å²) < 4.78 is 10.1. The minimum absolute atomic E-state index is 0.121. The maximum absolute atomic E-state index is 12.3. The van der Waals surface area contributed by atoms with Gasteiger partial charge in [0.2, 0.25) is 0 Å². The number of carbonyl (C=O) groups is 2. The predicted molar refractivity (Wildman–Crippen MR) is 128 cm³/mol. The van der Waals surface area contributed by atoms with Crippen LogP contribution >= 0.6 is 0 Å². The molecule has 1 aliphatic heterocycles. The molecule has 1 heterocycles. The molecule has 0 saturated carbocycles. The van der Waals surface area contributed by atoms with E-state index < -0.39 is 16.5 Å². The molecular weight excluding hydrogens is 438 g/mol. The van der Waals surface area contributed by atoms with Crippen molar-refractivity contribution in [3.8, 4) is 0 Å². The first-order chi connectivity index (χ1) is 16.1. The molecule has 0 unspecified atom stereocenters. The quantitative estimate of drug-likeness (QED) is 0.257. The van der Waals surface area contributed by atoms with Crippen molar-refractivity contribution in [1.82, 2.24) is 4.90 Å². The maximum Gasteiger partial charge on any atom is 0.410 e. The highest BCUT2D eigenvalue weighted by Crippen LogP contribution is 2.30. The van der Waals surface area contributed by atoms with Crippen molar-refractivity contribution < 1.29 is 24.0 Å². The zero-order chi connectivity index (χ0) is 24.9. The Bertz CT molecular complexity index is 1080. The number of esters is 1. The van der Waals surface area contributed by atoms with Crippen molar-refractivity contribution in [2.24, 2.45) is 4.99 Å². The molecule has 1 fully saturated rings. The summed E-state index contributed by atoms with van der Waals surface area (Å²) in [5.74, 6) is -0.446. The van der Waals surface area contributed by atoms with Gasteiger partial charge in [0, 0.05) is 19.3 Å². The summed E-state index contributed by atoms with van der Waals surface area (Å²) >= 11 is 0. The minimum atomic E-state index is -0.774. The Kier molecular flexibility index (Phi) is 7.65. The number of methoxy groups -OCH3 is 1. The van der Waals surface area contributed by atoms with Gasteiger partial charge in [-0.3, -0.25) is 15.1 Å². The van der Waals surface area contributed by atoms with Gasteiger partial charge in [-0.1, -0.05) is 18.2 Å². The lowest BCUT2D eigenvalue weighted by atomic mass is 9.89. The molecule has 180 valence electrons. The second-order valence-electron chi connectivity index (χ2n) is 9.08. The van der Waals surface area contributed by atoms with Crippen molar-refractivity contribution in [3.63, 3.8) is 0 Å². The first kappa shape index (κ1) is 24.9. The Morgan fingerprint density at radius 1 is 1.12 bits per heavy atom. The number of nitro benzene ring substituents is 1. The highest BCUT2D eigenvalue weighted by Gasteiger charge is 2.27.